The molecule has 51 heavy (non-hydrogen) atoms. The number of rotatable bonds is 6. The minimum Gasteiger partial charge on any atom is -0.461 e. The maximum absolute atomic E-state index is 6.26. The Morgan fingerprint density at radius 2 is 1.71 bits per heavy atom. The van der Waals surface area contributed by atoms with E-state index in [0.717, 1.165) is 69.6 Å². The van der Waals surface area contributed by atoms with E-state index < -0.39 is 0 Å². The van der Waals surface area contributed by atoms with Gasteiger partial charge in [-0.3, -0.25) is 0 Å². The smallest absolute Gasteiger partial charge is 0.130 e. The predicted octanol–water partition coefficient (Wildman–Crippen LogP) is 10.8. The molecule has 3 aromatic rings. The average molecular weight is 684 g/mol. The zero-order chi connectivity index (χ0) is 33.7. The number of fused-ring (bicyclic) bond motifs is 6. The molecule has 2 nitrogen and oxygen atoms in total. The molecule has 4 unspecified atom stereocenters. The number of thiophene rings is 1. The second kappa shape index (κ2) is 13.2. The topological polar surface area (TPSA) is 16.4 Å². The summed E-state index contributed by atoms with van der Waals surface area (Å²) in [6.07, 6.45) is 51.6. The van der Waals surface area contributed by atoms with Gasteiger partial charge >= 0.3 is 0 Å². The first kappa shape index (κ1) is 31.2. The van der Waals surface area contributed by atoms with Crippen molar-refractivity contribution in [3.05, 3.63) is 164 Å². The van der Waals surface area contributed by atoms with Gasteiger partial charge in [-0.2, -0.15) is 0 Å². The number of hydrogen-bond donors (Lipinski definition) is 0. The first-order valence-electron chi connectivity index (χ1n) is 19.3. The molecule has 0 spiro atoms. The summed E-state index contributed by atoms with van der Waals surface area (Å²) in [7, 11) is 0. The standard InChI is InChI=1S/C48H45NOS/c1-2-8-32(9-3-1)33-14-22-38(23-15-33)49(39-24-16-34(17-25-39)36-20-28-46-43(30-36)41-10-4-6-12-45(41)50-46)40-26-18-35(19-27-40)37-21-29-48-44(31-37)42-11-5-7-13-47(42)51-48/h1-5,7-8,10-11,13-14,16,18-19,22-24,26,28,30-33,36,40H,6,9,12,15,17,20-21,25,27,29H2. The summed E-state index contributed by atoms with van der Waals surface area (Å²) in [5.41, 5.74) is 11.1. The Hall–Kier alpha value is -4.60. The highest BCUT2D eigenvalue weighted by Crippen LogP contribution is 2.41. The van der Waals surface area contributed by atoms with Gasteiger partial charge in [0, 0.05) is 44.1 Å². The summed E-state index contributed by atoms with van der Waals surface area (Å²) in [4.78, 5) is 4.21. The number of aryl methyl sites for hydroxylation is 2. The van der Waals surface area contributed by atoms with Crippen LogP contribution in [-0.4, -0.2) is 10.9 Å². The second-order valence-electron chi connectivity index (χ2n) is 15.2. The van der Waals surface area contributed by atoms with Gasteiger partial charge in [-0.1, -0.05) is 103 Å². The molecule has 1 aromatic carbocycles. The van der Waals surface area contributed by atoms with E-state index in [9.17, 15) is 0 Å². The van der Waals surface area contributed by atoms with Crippen molar-refractivity contribution in [3.63, 3.8) is 0 Å². The average Bonchev–Trinajstić information content (AvgIpc) is 3.77. The van der Waals surface area contributed by atoms with Crippen LogP contribution in [0.3, 0.4) is 0 Å². The van der Waals surface area contributed by atoms with E-state index in [4.69, 9.17) is 4.42 Å². The van der Waals surface area contributed by atoms with Gasteiger partial charge in [-0.05, 0) is 122 Å². The van der Waals surface area contributed by atoms with Crippen molar-refractivity contribution < 1.29 is 4.42 Å². The zero-order valence-corrected chi connectivity index (χ0v) is 30.1. The number of benzene rings is 1. The minimum absolute atomic E-state index is 0.308. The van der Waals surface area contributed by atoms with Crippen LogP contribution in [0.5, 0.6) is 0 Å². The number of allylic oxidation sites excluding steroid dienone is 15. The molecule has 0 N–H and O–H groups in total. The Labute approximate surface area is 305 Å². The van der Waals surface area contributed by atoms with E-state index in [1.165, 1.54) is 54.7 Å². The van der Waals surface area contributed by atoms with Crippen LogP contribution >= 0.6 is 11.3 Å². The van der Waals surface area contributed by atoms with Crippen LogP contribution in [-0.2, 0) is 12.8 Å². The Balaban J connectivity index is 0.930. The lowest BCUT2D eigenvalue weighted by molar-refractivity contribution is 0.348. The molecule has 0 fully saturated rings. The van der Waals surface area contributed by atoms with Gasteiger partial charge in [0.2, 0.25) is 0 Å². The van der Waals surface area contributed by atoms with Crippen molar-refractivity contribution in [1.82, 2.24) is 4.90 Å². The van der Waals surface area contributed by atoms with Crippen LogP contribution < -0.4 is 10.6 Å². The van der Waals surface area contributed by atoms with Gasteiger partial charge in [0.25, 0.3) is 0 Å². The van der Waals surface area contributed by atoms with E-state index in [1.807, 2.05) is 11.3 Å². The molecule has 2 heterocycles. The molecule has 0 bridgehead atoms. The highest BCUT2D eigenvalue weighted by molar-refractivity contribution is 7.19. The van der Waals surface area contributed by atoms with Crippen molar-refractivity contribution in [2.24, 2.45) is 17.8 Å². The highest BCUT2D eigenvalue weighted by atomic mass is 32.1. The molecule has 2 aromatic heterocycles. The molecule has 0 saturated heterocycles. The van der Waals surface area contributed by atoms with E-state index in [0.29, 0.717) is 23.8 Å². The fourth-order valence-electron chi connectivity index (χ4n) is 9.38. The maximum Gasteiger partial charge on any atom is 0.130 e. The quantitative estimate of drug-likeness (QED) is 0.257. The van der Waals surface area contributed by atoms with Gasteiger partial charge in [0.1, 0.15) is 11.2 Å². The first-order valence-corrected chi connectivity index (χ1v) is 20.1. The molecule has 7 aliphatic carbocycles. The third-order valence-electron chi connectivity index (χ3n) is 12.2. The lowest BCUT2D eigenvalue weighted by Gasteiger charge is -2.39. The predicted molar refractivity (Wildman–Crippen MR) is 215 cm³/mol. The molecule has 0 amide bonds. The lowest BCUT2D eigenvalue weighted by Crippen LogP contribution is -2.34. The van der Waals surface area contributed by atoms with Crippen molar-refractivity contribution in [1.29, 1.82) is 0 Å². The molecule has 0 saturated carbocycles. The Bertz CT molecular complexity index is 2350. The summed E-state index contributed by atoms with van der Waals surface area (Å²) in [6, 6.07) is 9.22. The first-order chi connectivity index (χ1) is 25.2. The van der Waals surface area contributed by atoms with Crippen LogP contribution in [0.1, 0.15) is 73.1 Å². The summed E-state index contributed by atoms with van der Waals surface area (Å²) in [5, 5.41) is 2.73. The molecule has 0 radical (unpaired) electrons. The van der Waals surface area contributed by atoms with Crippen molar-refractivity contribution in [2.45, 2.75) is 70.3 Å². The largest absolute Gasteiger partial charge is 0.461 e. The van der Waals surface area contributed by atoms with E-state index in [2.05, 4.69) is 132 Å². The second-order valence-corrected chi connectivity index (χ2v) is 16.3. The van der Waals surface area contributed by atoms with Gasteiger partial charge in [0.15, 0.2) is 0 Å². The Kier molecular flexibility index (Phi) is 8.05. The van der Waals surface area contributed by atoms with Crippen molar-refractivity contribution in [2.75, 3.05) is 0 Å². The number of hydrogen-bond acceptors (Lipinski definition) is 3. The molecule has 7 aliphatic rings. The van der Waals surface area contributed by atoms with Crippen LogP contribution in [0.15, 0.2) is 136 Å². The Morgan fingerprint density at radius 3 is 2.55 bits per heavy atom. The SMILES string of the molecule is C1=CCC(C2C=CC(N(C3=CC=C(C4C=c5c6c(oc5=CC4)CCC=C6)CC3)C3C=CC(C4=Cc5c(sc6ccccc56)CC4)=CC3)=CC2)C=C1. The molecule has 10 rings (SSSR count). The lowest BCUT2D eigenvalue weighted by atomic mass is 9.82. The zero-order valence-electron chi connectivity index (χ0n) is 29.3. The third-order valence-corrected chi connectivity index (χ3v) is 13.4. The van der Waals surface area contributed by atoms with Gasteiger partial charge < -0.3 is 9.32 Å². The van der Waals surface area contributed by atoms with Crippen LogP contribution in [0.2, 0.25) is 0 Å². The molecule has 254 valence electrons. The van der Waals surface area contributed by atoms with Crippen LogP contribution in [0.4, 0.5) is 0 Å². The highest BCUT2D eigenvalue weighted by Gasteiger charge is 2.29. The van der Waals surface area contributed by atoms with Gasteiger partial charge in [-0.15, -0.1) is 11.3 Å². The van der Waals surface area contributed by atoms with Gasteiger partial charge in [-0.25, -0.2) is 0 Å². The summed E-state index contributed by atoms with van der Waals surface area (Å²) >= 11 is 1.98. The number of furan rings is 1. The molecule has 0 aliphatic heterocycles. The van der Waals surface area contributed by atoms with E-state index in [-0.39, 0.29) is 0 Å². The molecular weight excluding hydrogens is 639 g/mol. The maximum atomic E-state index is 6.26. The summed E-state index contributed by atoms with van der Waals surface area (Å²) < 4.78 is 7.67. The molecule has 4 atom stereocenters. The third kappa shape index (κ3) is 5.80. The van der Waals surface area contributed by atoms with Crippen molar-refractivity contribution in [3.8, 4) is 0 Å². The van der Waals surface area contributed by atoms with E-state index >= 15 is 0 Å². The van der Waals surface area contributed by atoms with Gasteiger partial charge in [0.05, 0.1) is 6.04 Å². The Morgan fingerprint density at radius 1 is 0.745 bits per heavy atom. The summed E-state index contributed by atoms with van der Waals surface area (Å²) in [5.74, 6) is 2.78. The summed E-state index contributed by atoms with van der Waals surface area (Å²) in [6.45, 7) is 0. The normalized spacial score (nSPS) is 26.2. The van der Waals surface area contributed by atoms with E-state index in [1.54, 1.807) is 10.5 Å². The van der Waals surface area contributed by atoms with Crippen LogP contribution in [0, 0.1) is 17.8 Å². The fraction of sp³-hybridized carbons (Fsp3) is 0.292. The van der Waals surface area contributed by atoms with Crippen LogP contribution in [0.25, 0.3) is 34.4 Å². The minimum atomic E-state index is 0.308. The fourth-order valence-corrected chi connectivity index (χ4v) is 10.6. The monoisotopic (exact) mass is 683 g/mol. The molecule has 3 heteroatoms. The molecular formula is C48H45NOS. The number of nitrogens with zero attached hydrogens (tertiary/aromatic N) is 1. The van der Waals surface area contributed by atoms with Crippen molar-refractivity contribution >= 4 is 45.7 Å².